The topological polar surface area (TPSA) is 63.4 Å². The Morgan fingerprint density at radius 2 is 1.90 bits per heavy atom. The number of carbonyl (C=O) groups is 2. The Morgan fingerprint density at radius 1 is 1.30 bits per heavy atom. The van der Waals surface area contributed by atoms with Gasteiger partial charge < -0.3 is 10.6 Å². The van der Waals surface area contributed by atoms with E-state index < -0.39 is 30.3 Å². The van der Waals surface area contributed by atoms with E-state index in [0.717, 1.165) is 0 Å². The summed E-state index contributed by atoms with van der Waals surface area (Å²) in [5, 5.41) is 0. The van der Waals surface area contributed by atoms with Crippen LogP contribution < -0.4 is 5.73 Å². The molecule has 0 saturated carbocycles. The third-order valence-corrected chi connectivity index (χ3v) is 3.29. The van der Waals surface area contributed by atoms with Crippen LogP contribution >= 0.6 is 0 Å². The van der Waals surface area contributed by atoms with Gasteiger partial charge in [-0.3, -0.25) is 9.59 Å². The molecule has 2 rings (SSSR count). The molecular formula is C13H13F3N2O2. The molecule has 1 unspecified atom stereocenters. The molecule has 1 aromatic rings. The summed E-state index contributed by atoms with van der Waals surface area (Å²) in [5.74, 6) is -2.68. The van der Waals surface area contributed by atoms with Gasteiger partial charge in [-0.1, -0.05) is 12.1 Å². The minimum Gasteiger partial charge on any atom is -0.366 e. The van der Waals surface area contributed by atoms with E-state index in [9.17, 15) is 22.8 Å². The predicted octanol–water partition coefficient (Wildman–Crippen LogP) is 1.70. The van der Waals surface area contributed by atoms with Crippen molar-refractivity contribution in [1.29, 1.82) is 0 Å². The summed E-state index contributed by atoms with van der Waals surface area (Å²) in [6, 6.07) is 6.13. The second-order valence-corrected chi connectivity index (χ2v) is 4.78. The van der Waals surface area contributed by atoms with E-state index >= 15 is 0 Å². The lowest BCUT2D eigenvalue weighted by Gasteiger charge is -2.18. The van der Waals surface area contributed by atoms with Crippen molar-refractivity contribution in [1.82, 2.24) is 4.90 Å². The van der Waals surface area contributed by atoms with Crippen LogP contribution in [0.4, 0.5) is 13.2 Å². The van der Waals surface area contributed by atoms with Crippen LogP contribution in [0.25, 0.3) is 0 Å². The van der Waals surface area contributed by atoms with E-state index in [1.807, 2.05) is 0 Å². The number of benzene rings is 1. The molecule has 4 nitrogen and oxygen atoms in total. The summed E-state index contributed by atoms with van der Waals surface area (Å²) in [5.41, 5.74) is 6.06. The maximum atomic E-state index is 12.6. The van der Waals surface area contributed by atoms with Crippen molar-refractivity contribution < 1.29 is 22.8 Å². The van der Waals surface area contributed by atoms with Crippen molar-refractivity contribution in [2.75, 3.05) is 6.54 Å². The van der Waals surface area contributed by atoms with E-state index in [4.69, 9.17) is 5.73 Å². The second kappa shape index (κ2) is 5.15. The fourth-order valence-corrected chi connectivity index (χ4v) is 2.14. The van der Waals surface area contributed by atoms with Gasteiger partial charge in [-0.25, -0.2) is 0 Å². The molecule has 1 fully saturated rings. The fraction of sp³-hybridized carbons (Fsp3) is 0.385. The first-order valence-electron chi connectivity index (χ1n) is 6.00. The lowest BCUT2D eigenvalue weighted by molar-refractivity contribution is -0.171. The van der Waals surface area contributed by atoms with Crippen molar-refractivity contribution in [3.05, 3.63) is 35.4 Å². The summed E-state index contributed by atoms with van der Waals surface area (Å²) in [6.07, 6.45) is -4.84. The van der Waals surface area contributed by atoms with Gasteiger partial charge in [0.05, 0.1) is 5.92 Å². The fourth-order valence-electron chi connectivity index (χ4n) is 2.14. The van der Waals surface area contributed by atoms with Crippen LogP contribution in [-0.2, 0) is 11.3 Å². The van der Waals surface area contributed by atoms with Crippen LogP contribution in [0, 0.1) is 5.92 Å². The molecule has 1 aliphatic heterocycles. The molecule has 1 aliphatic rings. The smallest absolute Gasteiger partial charge is 0.366 e. The van der Waals surface area contributed by atoms with Gasteiger partial charge in [-0.2, -0.15) is 13.2 Å². The molecule has 1 heterocycles. The molecule has 2 amide bonds. The number of amides is 2. The van der Waals surface area contributed by atoms with Gasteiger partial charge in [-0.05, 0) is 17.7 Å². The quantitative estimate of drug-likeness (QED) is 0.919. The average molecular weight is 286 g/mol. The van der Waals surface area contributed by atoms with E-state index in [-0.39, 0.29) is 13.1 Å². The van der Waals surface area contributed by atoms with Gasteiger partial charge in [0.15, 0.2) is 0 Å². The van der Waals surface area contributed by atoms with Gasteiger partial charge in [-0.15, -0.1) is 0 Å². The number of alkyl halides is 3. The number of halogens is 3. The summed E-state index contributed by atoms with van der Waals surface area (Å²) in [7, 11) is 0. The van der Waals surface area contributed by atoms with Crippen molar-refractivity contribution in [3.8, 4) is 0 Å². The summed E-state index contributed by atoms with van der Waals surface area (Å²) < 4.78 is 37.7. The number of likely N-dealkylation sites (tertiary alicyclic amines) is 1. The monoisotopic (exact) mass is 286 g/mol. The Labute approximate surface area is 113 Å². The standard InChI is InChI=1S/C13H13F3N2O2/c14-13(15,16)10-5-11(19)18(7-10)6-8-1-3-9(4-2-8)12(17)20/h1-4,10H,5-7H2,(H2,17,20). The highest BCUT2D eigenvalue weighted by atomic mass is 19.4. The third kappa shape index (κ3) is 3.09. The third-order valence-electron chi connectivity index (χ3n) is 3.29. The van der Waals surface area contributed by atoms with Crippen molar-refractivity contribution in [2.24, 2.45) is 11.7 Å². The van der Waals surface area contributed by atoms with E-state index in [1.54, 1.807) is 12.1 Å². The van der Waals surface area contributed by atoms with Gasteiger partial charge in [0.25, 0.3) is 0 Å². The molecule has 2 N–H and O–H groups in total. The normalized spacial score (nSPS) is 19.4. The number of hydrogen-bond donors (Lipinski definition) is 1. The van der Waals surface area contributed by atoms with Gasteiger partial charge in [0.1, 0.15) is 0 Å². The Bertz CT molecular complexity index is 525. The molecule has 20 heavy (non-hydrogen) atoms. The average Bonchev–Trinajstić information content (AvgIpc) is 2.71. The molecule has 0 aromatic heterocycles. The molecule has 0 radical (unpaired) electrons. The zero-order chi connectivity index (χ0) is 14.9. The zero-order valence-electron chi connectivity index (χ0n) is 10.5. The number of nitrogens with two attached hydrogens (primary N) is 1. The Kier molecular flexibility index (Phi) is 3.69. The summed E-state index contributed by atoms with van der Waals surface area (Å²) >= 11 is 0. The zero-order valence-corrected chi connectivity index (χ0v) is 10.5. The maximum Gasteiger partial charge on any atom is 0.394 e. The van der Waals surface area contributed by atoms with Gasteiger partial charge >= 0.3 is 6.18 Å². The van der Waals surface area contributed by atoms with Gasteiger partial charge in [0.2, 0.25) is 11.8 Å². The molecule has 0 bridgehead atoms. The highest BCUT2D eigenvalue weighted by molar-refractivity contribution is 5.92. The molecule has 0 aliphatic carbocycles. The molecule has 1 aromatic carbocycles. The lowest BCUT2D eigenvalue weighted by Crippen LogP contribution is -2.28. The largest absolute Gasteiger partial charge is 0.394 e. The molecular weight excluding hydrogens is 273 g/mol. The van der Waals surface area contributed by atoms with Crippen LogP contribution in [0.3, 0.4) is 0 Å². The highest BCUT2D eigenvalue weighted by Gasteiger charge is 2.46. The predicted molar refractivity (Wildman–Crippen MR) is 64.5 cm³/mol. The number of rotatable bonds is 3. The van der Waals surface area contributed by atoms with Gasteiger partial charge in [0, 0.05) is 25.1 Å². The maximum absolute atomic E-state index is 12.6. The van der Waals surface area contributed by atoms with E-state index in [0.29, 0.717) is 11.1 Å². The Morgan fingerprint density at radius 3 is 2.35 bits per heavy atom. The minimum absolute atomic E-state index is 0.102. The van der Waals surface area contributed by atoms with Crippen LogP contribution in [-0.4, -0.2) is 29.4 Å². The SMILES string of the molecule is NC(=O)c1ccc(CN2CC(C(F)(F)F)CC2=O)cc1. The minimum atomic E-state index is -4.35. The van der Waals surface area contributed by atoms with E-state index in [1.165, 1.54) is 17.0 Å². The molecule has 1 atom stereocenters. The lowest BCUT2D eigenvalue weighted by atomic mass is 10.1. The Balaban J connectivity index is 2.03. The first-order valence-corrected chi connectivity index (χ1v) is 6.00. The van der Waals surface area contributed by atoms with Crippen LogP contribution in [0.2, 0.25) is 0 Å². The number of nitrogens with zero attached hydrogens (tertiary/aromatic N) is 1. The molecule has 1 saturated heterocycles. The van der Waals surface area contributed by atoms with E-state index in [2.05, 4.69) is 0 Å². The first kappa shape index (κ1) is 14.4. The van der Waals surface area contributed by atoms with Crippen molar-refractivity contribution in [2.45, 2.75) is 19.1 Å². The second-order valence-electron chi connectivity index (χ2n) is 4.78. The summed E-state index contributed by atoms with van der Waals surface area (Å²) in [6.45, 7) is -0.218. The van der Waals surface area contributed by atoms with Crippen molar-refractivity contribution in [3.63, 3.8) is 0 Å². The molecule has 7 heteroatoms. The van der Waals surface area contributed by atoms with Crippen molar-refractivity contribution >= 4 is 11.8 Å². The Hall–Kier alpha value is -2.05. The molecule has 108 valence electrons. The van der Waals surface area contributed by atoms with Crippen LogP contribution in [0.15, 0.2) is 24.3 Å². The van der Waals surface area contributed by atoms with Crippen LogP contribution in [0.5, 0.6) is 0 Å². The van der Waals surface area contributed by atoms with Crippen LogP contribution in [0.1, 0.15) is 22.3 Å². The number of carbonyl (C=O) groups excluding carboxylic acids is 2. The number of hydrogen-bond acceptors (Lipinski definition) is 2. The summed E-state index contributed by atoms with van der Waals surface area (Å²) in [4.78, 5) is 23.6. The first-order chi connectivity index (χ1) is 9.27. The number of primary amides is 1. The highest BCUT2D eigenvalue weighted by Crippen LogP contribution is 2.34. The molecule has 0 spiro atoms.